The molecule has 4 aromatic rings. The van der Waals surface area contributed by atoms with Crippen LogP contribution >= 0.6 is 46.2 Å². The summed E-state index contributed by atoms with van der Waals surface area (Å²) in [6, 6.07) is 15.4. The fourth-order valence-electron chi connectivity index (χ4n) is 2.85. The molecule has 0 bridgehead atoms. The number of nitrogens with one attached hydrogen (secondary N) is 2. The molecule has 35 heavy (non-hydrogen) atoms. The van der Waals surface area contributed by atoms with Crippen LogP contribution in [0.3, 0.4) is 0 Å². The normalized spacial score (nSPS) is 10.7. The summed E-state index contributed by atoms with van der Waals surface area (Å²) in [5.74, 6) is 0.212. The molecule has 0 radical (unpaired) electrons. The summed E-state index contributed by atoms with van der Waals surface area (Å²) in [7, 11) is 0. The van der Waals surface area contributed by atoms with Crippen LogP contribution < -0.4 is 22.1 Å². The smallest absolute Gasteiger partial charge is 0.234 e. The van der Waals surface area contributed by atoms with Gasteiger partial charge in [0, 0.05) is 11.4 Å². The van der Waals surface area contributed by atoms with E-state index in [1.807, 2.05) is 48.5 Å². The van der Waals surface area contributed by atoms with Gasteiger partial charge in [-0.25, -0.2) is 0 Å². The van der Waals surface area contributed by atoms with E-state index >= 15 is 0 Å². The van der Waals surface area contributed by atoms with Gasteiger partial charge < -0.3 is 22.1 Å². The van der Waals surface area contributed by atoms with Crippen LogP contribution in [0.5, 0.6) is 0 Å². The number of benzene rings is 2. The highest BCUT2D eigenvalue weighted by Crippen LogP contribution is 2.25. The Balaban J connectivity index is 1.21. The Morgan fingerprint density at radius 3 is 1.43 bits per heavy atom. The maximum absolute atomic E-state index is 12.1. The number of hydrogen-bond donors (Lipinski definition) is 4. The minimum absolute atomic E-state index is 0.125. The van der Waals surface area contributed by atoms with Gasteiger partial charge in [0.25, 0.3) is 0 Å². The van der Waals surface area contributed by atoms with Gasteiger partial charge in [-0.3, -0.25) is 9.59 Å². The molecule has 10 nitrogen and oxygen atoms in total. The first-order chi connectivity index (χ1) is 16.9. The molecule has 0 saturated heterocycles. The predicted molar refractivity (Wildman–Crippen MR) is 143 cm³/mol. The van der Waals surface area contributed by atoms with E-state index in [2.05, 4.69) is 31.0 Å². The molecule has 2 heterocycles. The molecule has 0 fully saturated rings. The molecule has 0 spiro atoms. The summed E-state index contributed by atoms with van der Waals surface area (Å²) in [4.78, 5) is 24.3. The number of thioether (sulfide) groups is 2. The average molecular weight is 545 g/mol. The monoisotopic (exact) mass is 544 g/mol. The third-order valence-corrected chi connectivity index (χ3v) is 8.15. The van der Waals surface area contributed by atoms with Crippen LogP contribution in [0.1, 0.15) is 11.1 Å². The van der Waals surface area contributed by atoms with Crippen molar-refractivity contribution < 1.29 is 9.59 Å². The molecule has 2 aromatic heterocycles. The van der Waals surface area contributed by atoms with E-state index in [1.165, 1.54) is 46.2 Å². The van der Waals surface area contributed by atoms with Gasteiger partial charge in [-0.05, 0) is 41.8 Å². The van der Waals surface area contributed by atoms with Crippen molar-refractivity contribution in [2.45, 2.75) is 15.1 Å². The number of carbonyl (C=O) groups is 2. The number of carbonyl (C=O) groups excluding carboxylic acids is 2. The van der Waals surface area contributed by atoms with E-state index in [9.17, 15) is 9.59 Å². The van der Waals surface area contributed by atoms with Gasteiger partial charge in [0.15, 0.2) is 8.68 Å². The molecule has 4 rings (SSSR count). The van der Waals surface area contributed by atoms with Gasteiger partial charge in [0.2, 0.25) is 22.1 Å². The van der Waals surface area contributed by atoms with Crippen molar-refractivity contribution >= 4 is 79.6 Å². The average Bonchev–Trinajstić information content (AvgIpc) is 3.46. The molecular formula is C21H20N8O2S4. The maximum atomic E-state index is 12.1. The van der Waals surface area contributed by atoms with Crippen LogP contribution in [0, 0.1) is 0 Å². The van der Waals surface area contributed by atoms with Crippen molar-refractivity contribution in [2.75, 3.05) is 33.6 Å². The quantitative estimate of drug-likeness (QED) is 0.217. The van der Waals surface area contributed by atoms with Gasteiger partial charge in [0.1, 0.15) is 0 Å². The van der Waals surface area contributed by atoms with Gasteiger partial charge in [-0.1, -0.05) is 70.5 Å². The van der Waals surface area contributed by atoms with E-state index in [4.69, 9.17) is 11.5 Å². The van der Waals surface area contributed by atoms with Crippen LogP contribution in [0.15, 0.2) is 57.2 Å². The number of nitrogens with zero attached hydrogens (tertiary/aromatic N) is 4. The molecule has 2 amide bonds. The predicted octanol–water partition coefficient (Wildman–Crippen LogP) is 3.61. The lowest BCUT2D eigenvalue weighted by Gasteiger charge is -2.08. The number of anilines is 4. The Hall–Kier alpha value is -3.20. The van der Waals surface area contributed by atoms with Gasteiger partial charge >= 0.3 is 0 Å². The lowest BCUT2D eigenvalue weighted by molar-refractivity contribution is -0.114. The fourth-order valence-corrected chi connectivity index (χ4v) is 5.73. The third-order valence-electron chi connectivity index (χ3n) is 4.38. The molecule has 0 saturated carbocycles. The lowest BCUT2D eigenvalue weighted by atomic mass is 10.0. The summed E-state index contributed by atoms with van der Waals surface area (Å²) in [5.41, 5.74) is 14.7. The number of hydrogen-bond acceptors (Lipinski definition) is 12. The number of nitrogen functional groups attached to an aromatic ring is 2. The summed E-state index contributed by atoms with van der Waals surface area (Å²) in [6.07, 6.45) is 0.727. The molecule has 0 unspecified atom stereocenters. The number of aromatic nitrogens is 4. The van der Waals surface area contributed by atoms with Crippen molar-refractivity contribution in [2.24, 2.45) is 0 Å². The van der Waals surface area contributed by atoms with E-state index < -0.39 is 0 Å². The van der Waals surface area contributed by atoms with Crippen molar-refractivity contribution in [1.82, 2.24) is 20.4 Å². The summed E-state index contributed by atoms with van der Waals surface area (Å²) >= 11 is 5.10. The molecule has 14 heteroatoms. The van der Waals surface area contributed by atoms with Crippen LogP contribution in [0.4, 0.5) is 21.6 Å². The first-order valence-corrected chi connectivity index (χ1v) is 13.7. The van der Waals surface area contributed by atoms with Gasteiger partial charge in [-0.15, -0.1) is 20.4 Å². The second-order valence-corrected chi connectivity index (χ2v) is 11.5. The highest BCUT2D eigenvalue weighted by atomic mass is 32.2. The summed E-state index contributed by atoms with van der Waals surface area (Å²) < 4.78 is 1.33. The second kappa shape index (κ2) is 12.0. The largest absolute Gasteiger partial charge is 0.374 e. The van der Waals surface area contributed by atoms with Crippen LogP contribution in [-0.4, -0.2) is 43.7 Å². The van der Waals surface area contributed by atoms with Crippen molar-refractivity contribution in [3.05, 3.63) is 59.7 Å². The zero-order chi connectivity index (χ0) is 24.6. The minimum Gasteiger partial charge on any atom is -0.374 e. The third kappa shape index (κ3) is 7.92. The highest BCUT2D eigenvalue weighted by Gasteiger charge is 2.09. The lowest BCUT2D eigenvalue weighted by Crippen LogP contribution is -2.14. The van der Waals surface area contributed by atoms with Gasteiger partial charge in [-0.2, -0.15) is 0 Å². The zero-order valence-electron chi connectivity index (χ0n) is 18.1. The first kappa shape index (κ1) is 24.9. The van der Waals surface area contributed by atoms with Crippen LogP contribution in [0.25, 0.3) is 0 Å². The van der Waals surface area contributed by atoms with E-state index in [0.29, 0.717) is 18.9 Å². The number of nitrogens with two attached hydrogens (primary N) is 2. The molecule has 6 N–H and O–H groups in total. The van der Waals surface area contributed by atoms with Crippen LogP contribution in [0.2, 0.25) is 0 Å². The zero-order valence-corrected chi connectivity index (χ0v) is 21.4. The van der Waals surface area contributed by atoms with Crippen LogP contribution in [-0.2, 0) is 16.0 Å². The molecule has 2 aromatic carbocycles. The minimum atomic E-state index is -0.125. The highest BCUT2D eigenvalue weighted by molar-refractivity contribution is 8.02. The number of rotatable bonds is 10. The Morgan fingerprint density at radius 1 is 0.686 bits per heavy atom. The molecule has 0 aliphatic carbocycles. The molecule has 0 aliphatic rings. The standard InChI is InChI=1S/C21H20N8O2S4/c22-18-26-28-20(34-18)32-10-16(30)24-14-5-1-12(2-6-14)9-13-3-7-15(8-4-13)25-17(31)11-33-21-29-27-19(23)35-21/h1-8H,9-11H2,(H2,22,26)(H2,23,27)(H,24,30)(H,25,31). The molecule has 0 aliphatic heterocycles. The molecule has 0 atom stereocenters. The number of amides is 2. The summed E-state index contributed by atoms with van der Waals surface area (Å²) in [5, 5.41) is 21.7. The Morgan fingerprint density at radius 2 is 1.09 bits per heavy atom. The maximum Gasteiger partial charge on any atom is 0.234 e. The van der Waals surface area contributed by atoms with Crippen molar-refractivity contribution in [3.63, 3.8) is 0 Å². The summed E-state index contributed by atoms with van der Waals surface area (Å²) in [6.45, 7) is 0. The van der Waals surface area contributed by atoms with Gasteiger partial charge in [0.05, 0.1) is 11.5 Å². The second-order valence-electron chi connectivity index (χ2n) is 7.06. The van der Waals surface area contributed by atoms with E-state index in [1.54, 1.807) is 0 Å². The fraction of sp³-hybridized carbons (Fsp3) is 0.143. The van der Waals surface area contributed by atoms with E-state index in [0.717, 1.165) is 28.9 Å². The SMILES string of the molecule is Nc1nnc(SCC(=O)Nc2ccc(Cc3ccc(NC(=O)CSc4nnc(N)s4)cc3)cc2)s1. The van der Waals surface area contributed by atoms with E-state index in [-0.39, 0.29) is 23.3 Å². The Bertz CT molecular complexity index is 1190. The van der Waals surface area contributed by atoms with Crippen molar-refractivity contribution in [1.29, 1.82) is 0 Å². The van der Waals surface area contributed by atoms with Crippen molar-refractivity contribution in [3.8, 4) is 0 Å². The Labute approximate surface area is 217 Å². The Kier molecular flexibility index (Phi) is 8.52. The molecule has 180 valence electrons. The molecular weight excluding hydrogens is 525 g/mol. The first-order valence-electron chi connectivity index (χ1n) is 10.1. The topological polar surface area (TPSA) is 162 Å².